The summed E-state index contributed by atoms with van der Waals surface area (Å²) < 4.78 is 27.6. The van der Waals surface area contributed by atoms with Crippen LogP contribution in [0.4, 0.5) is 0 Å². The number of hydrogen-bond donors (Lipinski definition) is 0. The van der Waals surface area contributed by atoms with Crippen molar-refractivity contribution < 1.29 is 22.8 Å². The predicted molar refractivity (Wildman–Crippen MR) is 105 cm³/mol. The molecule has 0 aromatic carbocycles. The zero-order valence-electron chi connectivity index (χ0n) is 17.0. The van der Waals surface area contributed by atoms with Gasteiger partial charge < -0.3 is 0 Å². The number of fused-ring (bicyclic) bond motifs is 3. The Hall–Kier alpha value is -1.54. The number of imide groups is 1. The number of rotatable bonds is 4. The zero-order valence-corrected chi connectivity index (χ0v) is 17.8. The molecule has 3 aliphatic carbocycles. The summed E-state index contributed by atoms with van der Waals surface area (Å²) in [5.41, 5.74) is -1.09. The van der Waals surface area contributed by atoms with Gasteiger partial charge in [0.2, 0.25) is 21.8 Å². The first-order valence-electron chi connectivity index (χ1n) is 10.6. The lowest BCUT2D eigenvalue weighted by Crippen LogP contribution is -2.63. The molecule has 2 saturated heterocycles. The second-order valence-electron chi connectivity index (χ2n) is 10.1. The van der Waals surface area contributed by atoms with Gasteiger partial charge in [0, 0.05) is 24.9 Å². The van der Waals surface area contributed by atoms with Crippen molar-refractivity contribution in [3.05, 3.63) is 12.2 Å². The van der Waals surface area contributed by atoms with Crippen LogP contribution in [-0.2, 0) is 24.4 Å². The standard InChI is InChI=1S/C21H28N2O5S/c1-20(2)13-7-8-21(20,17(24)9-13)12-29(27,28)22-10-14(11-22)23-18(25)15-5-3-4-6-16(15)19(23)26/h3-4,13-16H,5-12H2,1-2H3. The first kappa shape index (κ1) is 19.4. The van der Waals surface area contributed by atoms with E-state index in [0.717, 1.165) is 6.42 Å². The summed E-state index contributed by atoms with van der Waals surface area (Å²) in [5, 5.41) is 0. The number of carbonyl (C=O) groups is 3. The van der Waals surface area contributed by atoms with Crippen LogP contribution in [0.3, 0.4) is 0 Å². The number of allylic oxidation sites excluding steroid dienone is 2. The Morgan fingerprint density at radius 3 is 2.10 bits per heavy atom. The number of hydrogen-bond acceptors (Lipinski definition) is 5. The average molecular weight is 421 g/mol. The highest BCUT2D eigenvalue weighted by atomic mass is 32.2. The van der Waals surface area contributed by atoms with Gasteiger partial charge in [-0.25, -0.2) is 8.42 Å². The van der Waals surface area contributed by atoms with E-state index in [1.54, 1.807) is 0 Å². The van der Waals surface area contributed by atoms with Gasteiger partial charge in [-0.1, -0.05) is 26.0 Å². The van der Waals surface area contributed by atoms with Crippen molar-refractivity contribution in [2.75, 3.05) is 18.8 Å². The Morgan fingerprint density at radius 2 is 1.62 bits per heavy atom. The summed E-state index contributed by atoms with van der Waals surface area (Å²) in [7, 11) is -3.63. The van der Waals surface area contributed by atoms with Crippen molar-refractivity contribution in [2.24, 2.45) is 28.6 Å². The minimum absolute atomic E-state index is 0.0841. The Morgan fingerprint density at radius 1 is 1.03 bits per heavy atom. The summed E-state index contributed by atoms with van der Waals surface area (Å²) in [6.07, 6.45) is 7.09. The lowest BCUT2D eigenvalue weighted by molar-refractivity contribution is -0.145. The lowest BCUT2D eigenvalue weighted by Gasteiger charge is -2.44. The summed E-state index contributed by atoms with van der Waals surface area (Å²) >= 11 is 0. The van der Waals surface area contributed by atoms with Gasteiger partial charge in [-0.2, -0.15) is 4.31 Å². The molecular formula is C21H28N2O5S. The van der Waals surface area contributed by atoms with Gasteiger partial charge in [0.15, 0.2) is 0 Å². The molecule has 8 heteroatoms. The van der Waals surface area contributed by atoms with Crippen LogP contribution in [0.1, 0.15) is 46.0 Å². The van der Waals surface area contributed by atoms with E-state index < -0.39 is 15.4 Å². The van der Waals surface area contributed by atoms with Gasteiger partial charge in [0.1, 0.15) is 5.78 Å². The second-order valence-corrected chi connectivity index (χ2v) is 12.1. The number of likely N-dealkylation sites (tertiary alicyclic amines) is 1. The number of amides is 2. The highest BCUT2D eigenvalue weighted by Gasteiger charge is 2.66. The molecule has 4 unspecified atom stereocenters. The monoisotopic (exact) mass is 420 g/mol. The minimum Gasteiger partial charge on any atom is -0.299 e. The van der Waals surface area contributed by atoms with E-state index >= 15 is 0 Å². The first-order valence-corrected chi connectivity index (χ1v) is 12.2. The molecule has 0 radical (unpaired) electrons. The molecule has 2 heterocycles. The molecule has 4 fully saturated rings. The molecule has 2 aliphatic heterocycles. The van der Waals surface area contributed by atoms with Crippen LogP contribution >= 0.6 is 0 Å². The smallest absolute Gasteiger partial charge is 0.233 e. The minimum atomic E-state index is -3.63. The van der Waals surface area contributed by atoms with E-state index in [2.05, 4.69) is 0 Å². The van der Waals surface area contributed by atoms with Crippen LogP contribution < -0.4 is 0 Å². The van der Waals surface area contributed by atoms with E-state index in [9.17, 15) is 22.8 Å². The largest absolute Gasteiger partial charge is 0.299 e. The Kier molecular flexibility index (Phi) is 4.02. The van der Waals surface area contributed by atoms with Gasteiger partial charge in [-0.05, 0) is 37.0 Å². The molecule has 2 bridgehead atoms. The molecule has 0 N–H and O–H groups in total. The average Bonchev–Trinajstić information content (AvgIpc) is 3.08. The molecule has 5 aliphatic rings. The lowest BCUT2D eigenvalue weighted by atomic mass is 9.70. The molecule has 0 aromatic heterocycles. The summed E-state index contributed by atoms with van der Waals surface area (Å²) in [4.78, 5) is 39.4. The Balaban J connectivity index is 1.29. The molecule has 158 valence electrons. The van der Waals surface area contributed by atoms with E-state index in [1.807, 2.05) is 26.0 Å². The van der Waals surface area contributed by atoms with Crippen molar-refractivity contribution in [1.29, 1.82) is 0 Å². The molecule has 7 nitrogen and oxygen atoms in total. The molecule has 2 amide bonds. The second kappa shape index (κ2) is 6.00. The van der Waals surface area contributed by atoms with Crippen LogP contribution in [0, 0.1) is 28.6 Å². The third kappa shape index (κ3) is 2.45. The molecule has 2 saturated carbocycles. The first-order chi connectivity index (χ1) is 13.6. The fourth-order valence-electron chi connectivity index (χ4n) is 6.50. The summed E-state index contributed by atoms with van der Waals surface area (Å²) in [5.74, 6) is -0.682. The number of carbonyl (C=O) groups excluding carboxylic acids is 3. The van der Waals surface area contributed by atoms with E-state index in [0.29, 0.717) is 25.7 Å². The predicted octanol–water partition coefficient (Wildman–Crippen LogP) is 1.35. The van der Waals surface area contributed by atoms with Gasteiger partial charge >= 0.3 is 0 Å². The maximum Gasteiger partial charge on any atom is 0.233 e. The third-order valence-electron chi connectivity index (χ3n) is 8.70. The zero-order chi connectivity index (χ0) is 20.8. The van der Waals surface area contributed by atoms with Gasteiger partial charge in [0.05, 0.1) is 23.6 Å². The van der Waals surface area contributed by atoms with Crippen molar-refractivity contribution in [3.63, 3.8) is 0 Å². The Bertz CT molecular complexity index is 907. The molecular weight excluding hydrogens is 392 g/mol. The number of sulfonamides is 1. The number of nitrogens with zero attached hydrogens (tertiary/aromatic N) is 2. The molecule has 5 rings (SSSR count). The van der Waals surface area contributed by atoms with Crippen LogP contribution in [-0.4, -0.2) is 60.1 Å². The van der Waals surface area contributed by atoms with Crippen LogP contribution in [0.15, 0.2) is 12.2 Å². The highest BCUT2D eigenvalue weighted by molar-refractivity contribution is 7.89. The normalized spacial score (nSPS) is 39.3. The van der Waals surface area contributed by atoms with E-state index in [1.165, 1.54) is 9.21 Å². The van der Waals surface area contributed by atoms with Gasteiger partial charge in [-0.3, -0.25) is 19.3 Å². The molecule has 0 aromatic rings. The molecule has 4 atom stereocenters. The summed E-state index contributed by atoms with van der Waals surface area (Å²) in [6.45, 7) is 4.37. The van der Waals surface area contributed by atoms with Gasteiger partial charge in [-0.15, -0.1) is 0 Å². The number of Topliss-reactive ketones (excluding diaryl/α,β-unsaturated/α-hetero) is 1. The molecule has 29 heavy (non-hydrogen) atoms. The van der Waals surface area contributed by atoms with E-state index in [4.69, 9.17) is 0 Å². The highest BCUT2D eigenvalue weighted by Crippen LogP contribution is 2.64. The summed E-state index contributed by atoms with van der Waals surface area (Å²) in [6, 6.07) is -0.378. The maximum atomic E-state index is 13.1. The topological polar surface area (TPSA) is 91.8 Å². The van der Waals surface area contributed by atoms with Gasteiger partial charge in [0.25, 0.3) is 0 Å². The quantitative estimate of drug-likeness (QED) is 0.506. The van der Waals surface area contributed by atoms with Crippen molar-refractivity contribution in [3.8, 4) is 0 Å². The van der Waals surface area contributed by atoms with Crippen molar-refractivity contribution in [1.82, 2.24) is 9.21 Å². The third-order valence-corrected chi connectivity index (χ3v) is 10.6. The maximum absolute atomic E-state index is 13.1. The fourth-order valence-corrected chi connectivity index (χ4v) is 8.78. The molecule has 0 spiro atoms. The SMILES string of the molecule is CC1(C)C2CCC1(CS(=O)(=O)N1CC(N3C(=O)C4CC=CCC4C3=O)C1)C(=O)C2. The van der Waals surface area contributed by atoms with E-state index in [-0.39, 0.29) is 65.7 Å². The van der Waals surface area contributed by atoms with Crippen molar-refractivity contribution >= 4 is 27.6 Å². The number of ketones is 1. The van der Waals surface area contributed by atoms with Crippen molar-refractivity contribution in [2.45, 2.75) is 52.0 Å². The van der Waals surface area contributed by atoms with Crippen LogP contribution in [0.25, 0.3) is 0 Å². The van der Waals surface area contributed by atoms with Crippen LogP contribution in [0.5, 0.6) is 0 Å². The Labute approximate surface area is 171 Å². The van der Waals surface area contributed by atoms with Crippen LogP contribution in [0.2, 0.25) is 0 Å². The fraction of sp³-hybridized carbons (Fsp3) is 0.762.